The lowest BCUT2D eigenvalue weighted by Crippen LogP contribution is -2.25. The first kappa shape index (κ1) is 13.5. The van der Waals surface area contributed by atoms with Gasteiger partial charge in [-0.2, -0.15) is 0 Å². The molecule has 0 spiro atoms. The standard InChI is InChI=1S/C12H14N2O4S/c1-5-6(2)19-11(9(5)12(17)18)14-10(16)7-3-8(15)13-4-7/h7H,3-4H2,1-2H3,(H,13,15)(H,14,16)(H,17,18). The maximum absolute atomic E-state index is 12.0. The minimum absolute atomic E-state index is 0.133. The highest BCUT2D eigenvalue weighted by atomic mass is 32.1. The van der Waals surface area contributed by atoms with E-state index < -0.39 is 11.9 Å². The van der Waals surface area contributed by atoms with Crippen LogP contribution in [0.4, 0.5) is 5.00 Å². The summed E-state index contributed by atoms with van der Waals surface area (Å²) in [5.41, 5.74) is 0.793. The third-order valence-corrected chi connectivity index (χ3v) is 4.31. The summed E-state index contributed by atoms with van der Waals surface area (Å²) in [6.45, 7) is 3.82. The monoisotopic (exact) mass is 282 g/mol. The molecule has 1 aliphatic heterocycles. The van der Waals surface area contributed by atoms with Crippen LogP contribution in [0.3, 0.4) is 0 Å². The quantitative estimate of drug-likeness (QED) is 0.774. The van der Waals surface area contributed by atoms with Gasteiger partial charge in [0.1, 0.15) is 5.00 Å². The summed E-state index contributed by atoms with van der Waals surface area (Å²) < 4.78 is 0. The molecule has 0 radical (unpaired) electrons. The van der Waals surface area contributed by atoms with Crippen molar-refractivity contribution >= 4 is 34.1 Å². The summed E-state index contributed by atoms with van der Waals surface area (Å²) >= 11 is 1.24. The van der Waals surface area contributed by atoms with Crippen molar-refractivity contribution in [3.8, 4) is 0 Å². The van der Waals surface area contributed by atoms with E-state index in [0.29, 0.717) is 17.1 Å². The smallest absolute Gasteiger partial charge is 0.338 e. The second-order valence-electron chi connectivity index (χ2n) is 4.49. The zero-order valence-electron chi connectivity index (χ0n) is 10.6. The van der Waals surface area contributed by atoms with E-state index >= 15 is 0 Å². The number of carboxylic acid groups (broad SMARTS) is 1. The highest BCUT2D eigenvalue weighted by Gasteiger charge is 2.29. The molecule has 1 unspecified atom stereocenters. The molecule has 2 heterocycles. The van der Waals surface area contributed by atoms with Crippen molar-refractivity contribution in [2.45, 2.75) is 20.3 Å². The number of hydrogen-bond donors (Lipinski definition) is 3. The number of carbonyl (C=O) groups is 3. The van der Waals surface area contributed by atoms with Crippen molar-refractivity contribution in [1.82, 2.24) is 5.32 Å². The lowest BCUT2D eigenvalue weighted by molar-refractivity contribution is -0.123. The summed E-state index contributed by atoms with van der Waals surface area (Å²) in [7, 11) is 0. The Morgan fingerprint density at radius 1 is 1.42 bits per heavy atom. The minimum Gasteiger partial charge on any atom is -0.478 e. The maximum atomic E-state index is 12.0. The molecule has 6 nitrogen and oxygen atoms in total. The molecule has 0 aliphatic carbocycles. The largest absolute Gasteiger partial charge is 0.478 e. The van der Waals surface area contributed by atoms with Gasteiger partial charge >= 0.3 is 5.97 Å². The Kier molecular flexibility index (Phi) is 3.57. The molecule has 102 valence electrons. The Morgan fingerprint density at radius 2 is 2.11 bits per heavy atom. The van der Waals surface area contributed by atoms with E-state index in [4.69, 9.17) is 5.11 Å². The van der Waals surface area contributed by atoms with Gasteiger partial charge in [-0.3, -0.25) is 9.59 Å². The fourth-order valence-corrected chi connectivity index (χ4v) is 3.03. The van der Waals surface area contributed by atoms with Crippen LogP contribution in [-0.4, -0.2) is 29.4 Å². The molecule has 7 heteroatoms. The van der Waals surface area contributed by atoms with Crippen LogP contribution >= 0.6 is 11.3 Å². The zero-order valence-corrected chi connectivity index (χ0v) is 11.4. The second kappa shape index (κ2) is 5.00. The normalized spacial score (nSPS) is 18.2. The van der Waals surface area contributed by atoms with Gasteiger partial charge < -0.3 is 15.7 Å². The van der Waals surface area contributed by atoms with Gasteiger partial charge in [-0.15, -0.1) is 11.3 Å². The lowest BCUT2D eigenvalue weighted by Gasteiger charge is -2.08. The molecule has 1 fully saturated rings. The van der Waals surface area contributed by atoms with E-state index in [9.17, 15) is 14.4 Å². The molecule has 1 aliphatic rings. The predicted octanol–water partition coefficient (Wildman–Crippen LogP) is 1.14. The first-order valence-corrected chi connectivity index (χ1v) is 6.62. The molecule has 1 atom stereocenters. The van der Waals surface area contributed by atoms with Gasteiger partial charge in [0.05, 0.1) is 11.5 Å². The van der Waals surface area contributed by atoms with E-state index in [1.54, 1.807) is 6.92 Å². The molecule has 1 saturated heterocycles. The van der Waals surface area contributed by atoms with Crippen molar-refractivity contribution < 1.29 is 19.5 Å². The molecule has 3 N–H and O–H groups in total. The van der Waals surface area contributed by atoms with Gasteiger partial charge in [-0.05, 0) is 19.4 Å². The maximum Gasteiger partial charge on any atom is 0.338 e. The fraction of sp³-hybridized carbons (Fsp3) is 0.417. The number of aryl methyl sites for hydroxylation is 1. The average Bonchev–Trinajstić information content (AvgIpc) is 2.85. The first-order valence-electron chi connectivity index (χ1n) is 5.81. The summed E-state index contributed by atoms with van der Waals surface area (Å²) in [6, 6.07) is 0. The van der Waals surface area contributed by atoms with Crippen molar-refractivity contribution in [2.75, 3.05) is 11.9 Å². The fourth-order valence-electron chi connectivity index (χ4n) is 1.98. The SMILES string of the molecule is Cc1sc(NC(=O)C2CNC(=O)C2)c(C(=O)O)c1C. The van der Waals surface area contributed by atoms with Crippen LogP contribution in [0.2, 0.25) is 0 Å². The highest BCUT2D eigenvalue weighted by molar-refractivity contribution is 7.16. The first-order chi connectivity index (χ1) is 8.90. The molecule has 19 heavy (non-hydrogen) atoms. The van der Waals surface area contributed by atoms with Crippen LogP contribution in [0.1, 0.15) is 27.2 Å². The van der Waals surface area contributed by atoms with Crippen LogP contribution in [0.5, 0.6) is 0 Å². The number of carboxylic acids is 1. The van der Waals surface area contributed by atoms with Crippen molar-refractivity contribution in [1.29, 1.82) is 0 Å². The number of amides is 2. The van der Waals surface area contributed by atoms with Crippen LogP contribution in [0, 0.1) is 19.8 Å². The van der Waals surface area contributed by atoms with E-state index in [1.807, 2.05) is 6.92 Å². The Balaban J connectivity index is 2.19. The molecular formula is C12H14N2O4S. The summed E-state index contributed by atoms with van der Waals surface area (Å²) in [4.78, 5) is 35.1. The number of thiophene rings is 1. The molecule has 0 aromatic carbocycles. The summed E-state index contributed by atoms with van der Waals surface area (Å²) in [5, 5.41) is 14.7. The molecular weight excluding hydrogens is 268 g/mol. The Labute approximate surface area is 113 Å². The highest BCUT2D eigenvalue weighted by Crippen LogP contribution is 2.32. The molecule has 0 bridgehead atoms. The number of rotatable bonds is 3. The van der Waals surface area contributed by atoms with Crippen LogP contribution in [0.15, 0.2) is 0 Å². The van der Waals surface area contributed by atoms with E-state index in [-0.39, 0.29) is 23.8 Å². The van der Waals surface area contributed by atoms with Gasteiger partial charge in [0.2, 0.25) is 11.8 Å². The van der Waals surface area contributed by atoms with Gasteiger partial charge in [0.15, 0.2) is 0 Å². The van der Waals surface area contributed by atoms with Crippen molar-refractivity contribution in [2.24, 2.45) is 5.92 Å². The van der Waals surface area contributed by atoms with Gasteiger partial charge in [0.25, 0.3) is 0 Å². The third kappa shape index (κ3) is 2.60. The predicted molar refractivity (Wildman–Crippen MR) is 70.5 cm³/mol. The van der Waals surface area contributed by atoms with Gasteiger partial charge in [-0.1, -0.05) is 0 Å². The summed E-state index contributed by atoms with van der Waals surface area (Å²) in [6.07, 6.45) is 0.150. The molecule has 1 aromatic rings. The third-order valence-electron chi connectivity index (χ3n) is 3.18. The minimum atomic E-state index is -1.06. The van der Waals surface area contributed by atoms with Crippen LogP contribution in [-0.2, 0) is 9.59 Å². The lowest BCUT2D eigenvalue weighted by atomic mass is 10.1. The van der Waals surface area contributed by atoms with E-state index in [1.165, 1.54) is 11.3 Å². The zero-order chi connectivity index (χ0) is 14.2. The van der Waals surface area contributed by atoms with Crippen molar-refractivity contribution in [3.05, 3.63) is 16.0 Å². The second-order valence-corrected chi connectivity index (χ2v) is 5.71. The van der Waals surface area contributed by atoms with Crippen molar-refractivity contribution in [3.63, 3.8) is 0 Å². The molecule has 1 aromatic heterocycles. The van der Waals surface area contributed by atoms with Gasteiger partial charge in [0, 0.05) is 17.8 Å². The number of carbonyl (C=O) groups excluding carboxylic acids is 2. The number of anilines is 1. The number of nitrogens with one attached hydrogen (secondary N) is 2. The number of aromatic carboxylic acids is 1. The number of hydrogen-bond acceptors (Lipinski definition) is 4. The van der Waals surface area contributed by atoms with Crippen LogP contribution in [0.25, 0.3) is 0 Å². The topological polar surface area (TPSA) is 95.5 Å². The van der Waals surface area contributed by atoms with Gasteiger partial charge in [-0.25, -0.2) is 4.79 Å². The molecule has 0 saturated carbocycles. The Hall–Kier alpha value is -1.89. The Morgan fingerprint density at radius 3 is 2.63 bits per heavy atom. The van der Waals surface area contributed by atoms with E-state index in [2.05, 4.69) is 10.6 Å². The molecule has 2 amide bonds. The Bertz CT molecular complexity index is 564. The molecule has 2 rings (SSSR count). The van der Waals surface area contributed by atoms with E-state index in [0.717, 1.165) is 4.88 Å². The average molecular weight is 282 g/mol. The van der Waals surface area contributed by atoms with Crippen LogP contribution < -0.4 is 10.6 Å². The summed E-state index contributed by atoms with van der Waals surface area (Å²) in [5.74, 6) is -1.96.